The first-order valence-corrected chi connectivity index (χ1v) is 6.48. The third kappa shape index (κ3) is 2.44. The monoisotopic (exact) mass is 266 g/mol. The molecular formula is C12H18N4OS. The largest absolute Gasteiger partial charge is 0.393 e. The molecule has 5 nitrogen and oxygen atoms in total. The van der Waals surface area contributed by atoms with Gasteiger partial charge in [-0.05, 0) is 32.3 Å². The zero-order valence-electron chi connectivity index (χ0n) is 10.7. The Labute approximate surface area is 112 Å². The highest BCUT2D eigenvalue weighted by atomic mass is 32.1. The van der Waals surface area contributed by atoms with Crippen molar-refractivity contribution in [3.05, 3.63) is 16.8 Å². The second kappa shape index (κ2) is 5.16. The molecule has 1 fully saturated rings. The van der Waals surface area contributed by atoms with E-state index in [1.54, 1.807) is 0 Å². The van der Waals surface area contributed by atoms with Crippen molar-refractivity contribution in [3.63, 3.8) is 0 Å². The lowest BCUT2D eigenvalue weighted by Gasteiger charge is -2.31. The number of hydrogen-bond donors (Lipinski definition) is 2. The SMILES string of the molecule is Cc1nnc(N2CCC(O)CC2)c(C(N)=S)c1C. The Hall–Kier alpha value is -1.27. The predicted molar refractivity (Wildman–Crippen MR) is 74.8 cm³/mol. The molecular weight excluding hydrogens is 248 g/mol. The number of thiocarbonyl (C=S) groups is 1. The minimum atomic E-state index is -0.214. The van der Waals surface area contributed by atoms with Gasteiger partial charge in [-0.25, -0.2) is 0 Å². The molecule has 18 heavy (non-hydrogen) atoms. The topological polar surface area (TPSA) is 75.3 Å². The van der Waals surface area contributed by atoms with Gasteiger partial charge in [-0.3, -0.25) is 0 Å². The molecule has 1 aromatic heterocycles. The van der Waals surface area contributed by atoms with E-state index in [-0.39, 0.29) is 6.10 Å². The van der Waals surface area contributed by atoms with E-state index in [4.69, 9.17) is 18.0 Å². The van der Waals surface area contributed by atoms with Crippen LogP contribution in [0.2, 0.25) is 0 Å². The number of aromatic nitrogens is 2. The number of anilines is 1. The molecule has 2 heterocycles. The van der Waals surface area contributed by atoms with Gasteiger partial charge in [0.25, 0.3) is 0 Å². The zero-order valence-corrected chi connectivity index (χ0v) is 11.5. The molecule has 6 heteroatoms. The van der Waals surface area contributed by atoms with E-state index >= 15 is 0 Å². The number of aryl methyl sites for hydroxylation is 1. The summed E-state index contributed by atoms with van der Waals surface area (Å²) in [7, 11) is 0. The molecule has 0 saturated carbocycles. The maximum absolute atomic E-state index is 9.54. The fraction of sp³-hybridized carbons (Fsp3) is 0.583. The van der Waals surface area contributed by atoms with Gasteiger partial charge >= 0.3 is 0 Å². The first kappa shape index (κ1) is 13.2. The Morgan fingerprint density at radius 3 is 2.50 bits per heavy atom. The molecule has 0 unspecified atom stereocenters. The first-order chi connectivity index (χ1) is 8.50. The number of aliphatic hydroxyl groups excluding tert-OH is 1. The number of piperidine rings is 1. The molecule has 0 bridgehead atoms. The molecule has 0 amide bonds. The Morgan fingerprint density at radius 2 is 1.94 bits per heavy atom. The van der Waals surface area contributed by atoms with Crippen LogP contribution in [0, 0.1) is 13.8 Å². The average Bonchev–Trinajstić information content (AvgIpc) is 2.33. The van der Waals surface area contributed by atoms with Crippen LogP contribution in [0.3, 0.4) is 0 Å². The van der Waals surface area contributed by atoms with Crippen LogP contribution < -0.4 is 10.6 Å². The summed E-state index contributed by atoms with van der Waals surface area (Å²) in [6, 6.07) is 0. The standard InChI is InChI=1S/C12H18N4OS/c1-7-8(2)14-15-12(10(7)11(13)18)16-5-3-9(17)4-6-16/h9,17H,3-6H2,1-2H3,(H2,13,18). The highest BCUT2D eigenvalue weighted by Crippen LogP contribution is 2.25. The van der Waals surface area contributed by atoms with E-state index in [1.807, 2.05) is 13.8 Å². The molecule has 0 radical (unpaired) electrons. The van der Waals surface area contributed by atoms with Crippen LogP contribution in [-0.2, 0) is 0 Å². The molecule has 1 aliphatic rings. The van der Waals surface area contributed by atoms with Crippen LogP contribution in [0.4, 0.5) is 5.82 Å². The van der Waals surface area contributed by atoms with Crippen LogP contribution in [-0.4, -0.2) is 39.5 Å². The molecule has 0 atom stereocenters. The van der Waals surface area contributed by atoms with Crippen molar-refractivity contribution in [3.8, 4) is 0 Å². The van der Waals surface area contributed by atoms with E-state index in [2.05, 4.69) is 15.1 Å². The van der Waals surface area contributed by atoms with Crippen molar-refractivity contribution in [2.24, 2.45) is 5.73 Å². The molecule has 1 saturated heterocycles. The van der Waals surface area contributed by atoms with E-state index < -0.39 is 0 Å². The lowest BCUT2D eigenvalue weighted by atomic mass is 10.0. The quantitative estimate of drug-likeness (QED) is 0.767. The molecule has 0 spiro atoms. The van der Waals surface area contributed by atoms with Crippen molar-refractivity contribution in [1.82, 2.24) is 10.2 Å². The van der Waals surface area contributed by atoms with Crippen molar-refractivity contribution < 1.29 is 5.11 Å². The molecule has 1 aromatic rings. The van der Waals surface area contributed by atoms with Gasteiger partial charge in [-0.2, -0.15) is 5.10 Å². The van der Waals surface area contributed by atoms with Crippen LogP contribution in [0.1, 0.15) is 29.7 Å². The average molecular weight is 266 g/mol. The van der Waals surface area contributed by atoms with Crippen molar-refractivity contribution in [2.75, 3.05) is 18.0 Å². The number of hydrogen-bond acceptors (Lipinski definition) is 5. The van der Waals surface area contributed by atoms with Gasteiger partial charge in [-0.1, -0.05) is 12.2 Å². The molecule has 3 N–H and O–H groups in total. The Morgan fingerprint density at radius 1 is 1.33 bits per heavy atom. The second-order valence-electron chi connectivity index (χ2n) is 4.69. The van der Waals surface area contributed by atoms with Gasteiger partial charge in [-0.15, -0.1) is 5.10 Å². The summed E-state index contributed by atoms with van der Waals surface area (Å²) in [5.41, 5.74) is 8.45. The number of aliphatic hydroxyl groups is 1. The van der Waals surface area contributed by atoms with E-state index in [0.29, 0.717) is 4.99 Å². The van der Waals surface area contributed by atoms with Gasteiger partial charge in [0.15, 0.2) is 5.82 Å². The highest BCUT2D eigenvalue weighted by molar-refractivity contribution is 7.80. The lowest BCUT2D eigenvalue weighted by Crippen LogP contribution is -2.38. The van der Waals surface area contributed by atoms with Gasteiger partial charge in [0.05, 0.1) is 17.4 Å². The fourth-order valence-corrected chi connectivity index (χ4v) is 2.43. The van der Waals surface area contributed by atoms with Crippen LogP contribution >= 0.6 is 12.2 Å². The molecule has 2 rings (SSSR count). The summed E-state index contributed by atoms with van der Waals surface area (Å²) in [6.45, 7) is 5.37. The number of nitrogens with two attached hydrogens (primary N) is 1. The minimum absolute atomic E-state index is 0.214. The maximum atomic E-state index is 9.54. The summed E-state index contributed by atoms with van der Waals surface area (Å²) in [5, 5.41) is 17.9. The summed E-state index contributed by atoms with van der Waals surface area (Å²) in [6.07, 6.45) is 1.27. The van der Waals surface area contributed by atoms with Gasteiger partial charge in [0.1, 0.15) is 4.99 Å². The van der Waals surface area contributed by atoms with Crippen molar-refractivity contribution in [2.45, 2.75) is 32.8 Å². The van der Waals surface area contributed by atoms with Gasteiger partial charge in [0.2, 0.25) is 0 Å². The summed E-state index contributed by atoms with van der Waals surface area (Å²) in [4.78, 5) is 2.45. The first-order valence-electron chi connectivity index (χ1n) is 6.07. The maximum Gasteiger partial charge on any atom is 0.161 e. The smallest absolute Gasteiger partial charge is 0.161 e. The normalized spacial score (nSPS) is 16.9. The Balaban J connectivity index is 2.38. The van der Waals surface area contributed by atoms with Crippen LogP contribution in [0.5, 0.6) is 0 Å². The van der Waals surface area contributed by atoms with E-state index in [0.717, 1.165) is 48.6 Å². The Bertz CT molecular complexity index is 469. The van der Waals surface area contributed by atoms with E-state index in [9.17, 15) is 5.11 Å². The molecule has 0 aliphatic carbocycles. The predicted octanol–water partition coefficient (Wildman–Crippen LogP) is 0.689. The van der Waals surface area contributed by atoms with E-state index in [1.165, 1.54) is 0 Å². The second-order valence-corrected chi connectivity index (χ2v) is 5.13. The van der Waals surface area contributed by atoms with Crippen LogP contribution in [0.25, 0.3) is 0 Å². The minimum Gasteiger partial charge on any atom is -0.393 e. The Kier molecular flexibility index (Phi) is 3.77. The highest BCUT2D eigenvalue weighted by Gasteiger charge is 2.23. The molecule has 1 aliphatic heterocycles. The fourth-order valence-electron chi connectivity index (χ4n) is 2.19. The summed E-state index contributed by atoms with van der Waals surface area (Å²) in [5.74, 6) is 0.748. The van der Waals surface area contributed by atoms with Crippen LogP contribution in [0.15, 0.2) is 0 Å². The third-order valence-corrected chi connectivity index (χ3v) is 3.65. The van der Waals surface area contributed by atoms with Crippen molar-refractivity contribution in [1.29, 1.82) is 0 Å². The number of nitrogens with zero attached hydrogens (tertiary/aromatic N) is 3. The lowest BCUT2D eigenvalue weighted by molar-refractivity contribution is 0.145. The molecule has 98 valence electrons. The summed E-state index contributed by atoms with van der Waals surface area (Å²) < 4.78 is 0. The number of rotatable bonds is 2. The van der Waals surface area contributed by atoms with Gasteiger partial charge < -0.3 is 15.7 Å². The zero-order chi connectivity index (χ0) is 13.3. The molecule has 0 aromatic carbocycles. The van der Waals surface area contributed by atoms with Crippen molar-refractivity contribution >= 4 is 23.0 Å². The summed E-state index contributed by atoms with van der Waals surface area (Å²) >= 11 is 5.12. The third-order valence-electron chi connectivity index (χ3n) is 3.45. The van der Waals surface area contributed by atoms with Gasteiger partial charge in [0, 0.05) is 13.1 Å².